The average Bonchev–Trinajstić information content (AvgIpc) is 3.13. The molecule has 7 heteroatoms. The Balaban J connectivity index is 1.72. The van der Waals surface area contributed by atoms with Crippen LogP contribution in [0.2, 0.25) is 0 Å². The van der Waals surface area contributed by atoms with Gasteiger partial charge in [-0.3, -0.25) is 4.79 Å². The van der Waals surface area contributed by atoms with Gasteiger partial charge < -0.3 is 14.7 Å². The lowest BCUT2D eigenvalue weighted by atomic mass is 10.2. The van der Waals surface area contributed by atoms with Crippen LogP contribution in [0.25, 0.3) is 10.2 Å². The largest absolute Gasteiger partial charge is 0.423 e. The van der Waals surface area contributed by atoms with Crippen LogP contribution >= 0.6 is 11.3 Å². The van der Waals surface area contributed by atoms with Gasteiger partial charge in [-0.25, -0.2) is 0 Å². The summed E-state index contributed by atoms with van der Waals surface area (Å²) in [6.07, 6.45) is 0. The van der Waals surface area contributed by atoms with Crippen molar-refractivity contribution in [2.45, 2.75) is 32.7 Å². The van der Waals surface area contributed by atoms with E-state index in [4.69, 9.17) is 4.42 Å². The van der Waals surface area contributed by atoms with E-state index in [1.165, 1.54) is 0 Å². The van der Waals surface area contributed by atoms with Crippen LogP contribution in [0.5, 0.6) is 0 Å². The number of hydrogen-bond donors (Lipinski definition) is 2. The van der Waals surface area contributed by atoms with Gasteiger partial charge in [0.05, 0.1) is 10.2 Å². The third kappa shape index (κ3) is 2.69. The van der Waals surface area contributed by atoms with E-state index in [0.29, 0.717) is 17.5 Å². The lowest BCUT2D eigenvalue weighted by molar-refractivity contribution is 0.0929. The summed E-state index contributed by atoms with van der Waals surface area (Å²) >= 11 is 1.60. The van der Waals surface area contributed by atoms with Crippen LogP contribution in [0.3, 0.4) is 0 Å². The number of nitrogens with zero attached hydrogens (tertiary/aromatic N) is 2. The maximum absolute atomic E-state index is 12.2. The molecule has 0 aliphatic rings. The average molecular weight is 304 g/mol. The Labute approximate surface area is 125 Å². The minimum Gasteiger partial charge on any atom is -0.423 e. The molecule has 3 aromatic heterocycles. The first kappa shape index (κ1) is 13.8. The number of rotatable bonds is 4. The Morgan fingerprint density at radius 3 is 2.76 bits per heavy atom. The standard InChI is InChI=1S/C14H16N4O2S/c1-7(2)13-17-18-14(20-13)8(3)15-12(19)10-6-11-9(16-10)4-5-21-11/h4-8,16H,1-3H3,(H,15,19)/t8-/m1/s1. The zero-order valence-electron chi connectivity index (χ0n) is 12.0. The summed E-state index contributed by atoms with van der Waals surface area (Å²) in [6, 6.07) is 3.46. The van der Waals surface area contributed by atoms with E-state index in [1.807, 2.05) is 38.3 Å². The Bertz CT molecular complexity index is 742. The number of nitrogens with one attached hydrogen (secondary N) is 2. The predicted molar refractivity (Wildman–Crippen MR) is 80.4 cm³/mol. The first-order chi connectivity index (χ1) is 10.0. The van der Waals surface area contributed by atoms with E-state index >= 15 is 0 Å². The highest BCUT2D eigenvalue weighted by Crippen LogP contribution is 2.22. The summed E-state index contributed by atoms with van der Waals surface area (Å²) in [4.78, 5) is 15.3. The van der Waals surface area contributed by atoms with Crippen LogP contribution in [-0.4, -0.2) is 21.1 Å². The fourth-order valence-electron chi connectivity index (χ4n) is 1.96. The molecule has 0 saturated heterocycles. The van der Waals surface area contributed by atoms with Gasteiger partial charge in [-0.1, -0.05) is 13.8 Å². The molecule has 110 valence electrons. The molecule has 0 bridgehead atoms. The summed E-state index contributed by atoms with van der Waals surface area (Å²) in [5.74, 6) is 0.978. The topological polar surface area (TPSA) is 83.8 Å². The molecule has 0 saturated carbocycles. The molecule has 2 N–H and O–H groups in total. The van der Waals surface area contributed by atoms with E-state index in [0.717, 1.165) is 10.2 Å². The molecule has 0 fully saturated rings. The summed E-state index contributed by atoms with van der Waals surface area (Å²) in [6.45, 7) is 5.78. The Morgan fingerprint density at radius 2 is 2.10 bits per heavy atom. The van der Waals surface area contributed by atoms with Crippen LogP contribution in [0, 0.1) is 0 Å². The summed E-state index contributed by atoms with van der Waals surface area (Å²) < 4.78 is 6.61. The third-order valence-corrected chi connectivity index (χ3v) is 4.02. The lowest BCUT2D eigenvalue weighted by Crippen LogP contribution is -2.27. The number of amides is 1. The van der Waals surface area contributed by atoms with Crippen molar-refractivity contribution in [1.82, 2.24) is 20.5 Å². The van der Waals surface area contributed by atoms with Gasteiger partial charge >= 0.3 is 0 Å². The molecule has 21 heavy (non-hydrogen) atoms. The fraction of sp³-hybridized carbons (Fsp3) is 0.357. The molecule has 0 aromatic carbocycles. The highest BCUT2D eigenvalue weighted by molar-refractivity contribution is 7.17. The van der Waals surface area contributed by atoms with Crippen LogP contribution in [-0.2, 0) is 0 Å². The van der Waals surface area contributed by atoms with Gasteiger partial charge in [0.25, 0.3) is 5.91 Å². The molecule has 0 radical (unpaired) electrons. The van der Waals surface area contributed by atoms with Crippen molar-refractivity contribution in [1.29, 1.82) is 0 Å². The maximum Gasteiger partial charge on any atom is 0.268 e. The van der Waals surface area contributed by atoms with Crippen molar-refractivity contribution in [2.24, 2.45) is 0 Å². The SMILES string of the molecule is CC(C)c1nnc([C@@H](C)NC(=O)c2cc3sccc3[nH]2)o1. The number of hydrogen-bond acceptors (Lipinski definition) is 5. The molecule has 1 atom stereocenters. The Hall–Kier alpha value is -2.15. The zero-order valence-corrected chi connectivity index (χ0v) is 12.8. The molecule has 1 amide bonds. The lowest BCUT2D eigenvalue weighted by Gasteiger charge is -2.08. The minimum atomic E-state index is -0.334. The number of carbonyl (C=O) groups excluding carboxylic acids is 1. The summed E-state index contributed by atoms with van der Waals surface area (Å²) in [7, 11) is 0. The number of aromatic nitrogens is 3. The fourth-order valence-corrected chi connectivity index (χ4v) is 2.74. The van der Waals surface area contributed by atoms with Gasteiger partial charge in [-0.15, -0.1) is 21.5 Å². The first-order valence-electron chi connectivity index (χ1n) is 6.75. The van der Waals surface area contributed by atoms with Gasteiger partial charge in [0.2, 0.25) is 11.8 Å². The van der Waals surface area contributed by atoms with Gasteiger partial charge in [-0.05, 0) is 24.4 Å². The van der Waals surface area contributed by atoms with Gasteiger partial charge in [0.15, 0.2) is 0 Å². The van der Waals surface area contributed by atoms with Crippen LogP contribution in [0.4, 0.5) is 0 Å². The first-order valence-corrected chi connectivity index (χ1v) is 7.63. The van der Waals surface area contributed by atoms with E-state index in [2.05, 4.69) is 20.5 Å². The van der Waals surface area contributed by atoms with Gasteiger partial charge in [0.1, 0.15) is 11.7 Å². The molecule has 0 unspecified atom stereocenters. The highest BCUT2D eigenvalue weighted by Gasteiger charge is 2.19. The van der Waals surface area contributed by atoms with Crippen LogP contribution in [0.15, 0.2) is 21.9 Å². The van der Waals surface area contributed by atoms with Gasteiger partial charge in [-0.2, -0.15) is 0 Å². The van der Waals surface area contributed by atoms with E-state index in [-0.39, 0.29) is 17.9 Å². The predicted octanol–water partition coefficient (Wildman–Crippen LogP) is 3.23. The van der Waals surface area contributed by atoms with Crippen LogP contribution < -0.4 is 5.32 Å². The number of carbonyl (C=O) groups is 1. The summed E-state index contributed by atoms with van der Waals surface area (Å²) in [5, 5.41) is 12.8. The minimum absolute atomic E-state index is 0.171. The van der Waals surface area contributed by atoms with Crippen molar-refractivity contribution in [3.05, 3.63) is 35.0 Å². The second-order valence-electron chi connectivity index (χ2n) is 5.21. The van der Waals surface area contributed by atoms with Crippen molar-refractivity contribution < 1.29 is 9.21 Å². The monoisotopic (exact) mass is 304 g/mol. The van der Waals surface area contributed by atoms with Crippen molar-refractivity contribution in [3.8, 4) is 0 Å². The number of fused-ring (bicyclic) bond motifs is 1. The van der Waals surface area contributed by atoms with Crippen molar-refractivity contribution in [3.63, 3.8) is 0 Å². The molecule has 3 heterocycles. The molecular formula is C14H16N4O2S. The molecule has 6 nitrogen and oxygen atoms in total. The molecular weight excluding hydrogens is 288 g/mol. The van der Waals surface area contributed by atoms with Gasteiger partial charge in [0, 0.05) is 5.92 Å². The smallest absolute Gasteiger partial charge is 0.268 e. The number of H-pyrrole nitrogens is 1. The van der Waals surface area contributed by atoms with Crippen molar-refractivity contribution >= 4 is 27.5 Å². The molecule has 0 aliphatic carbocycles. The normalized spacial score (nSPS) is 13.0. The van der Waals surface area contributed by atoms with Crippen LogP contribution in [0.1, 0.15) is 55.0 Å². The second kappa shape index (κ2) is 5.33. The van der Waals surface area contributed by atoms with E-state index in [9.17, 15) is 4.79 Å². The zero-order chi connectivity index (χ0) is 15.0. The Kier molecular flexibility index (Phi) is 3.50. The highest BCUT2D eigenvalue weighted by atomic mass is 32.1. The summed E-state index contributed by atoms with van der Waals surface area (Å²) in [5.41, 5.74) is 1.50. The molecule has 3 rings (SSSR count). The van der Waals surface area contributed by atoms with Crippen molar-refractivity contribution in [2.75, 3.05) is 0 Å². The van der Waals surface area contributed by atoms with E-state index < -0.39 is 0 Å². The third-order valence-electron chi connectivity index (χ3n) is 3.15. The molecule has 0 aliphatic heterocycles. The quantitative estimate of drug-likeness (QED) is 0.775. The number of aromatic amines is 1. The number of thiophene rings is 1. The molecule has 3 aromatic rings. The maximum atomic E-state index is 12.2. The second-order valence-corrected chi connectivity index (χ2v) is 6.16. The van der Waals surface area contributed by atoms with E-state index in [1.54, 1.807) is 11.3 Å². The molecule has 0 spiro atoms. The Morgan fingerprint density at radius 1 is 1.33 bits per heavy atom.